The van der Waals surface area contributed by atoms with Crippen LogP contribution in [0.3, 0.4) is 0 Å². The minimum absolute atomic E-state index is 0.283. The fraction of sp³-hybridized carbons (Fsp3) is 0.556. The maximum atomic E-state index is 12.7. The van der Waals surface area contributed by atoms with Crippen molar-refractivity contribution >= 4 is 26.9 Å². The summed E-state index contributed by atoms with van der Waals surface area (Å²) in [6.45, 7) is 8.21. The van der Waals surface area contributed by atoms with Gasteiger partial charge in [0.1, 0.15) is 0 Å². The number of hydrogen-bond acceptors (Lipinski definition) is 1. The first-order valence-corrected chi connectivity index (χ1v) is 9.80. The largest absolute Gasteiger partial charge is 0.242 e. The Bertz CT molecular complexity index is 561. The third-order valence-corrected chi connectivity index (χ3v) is 6.55. The highest BCUT2D eigenvalue weighted by Gasteiger charge is 2.38. The molecule has 122 valence electrons. The lowest BCUT2D eigenvalue weighted by atomic mass is 9.76. The monoisotopic (exact) mass is 383 g/mol. The van der Waals surface area contributed by atoms with E-state index in [1.807, 2.05) is 20.8 Å². The molecule has 3 atom stereocenters. The Labute approximate surface area is 145 Å². The van der Waals surface area contributed by atoms with Crippen LogP contribution in [0.25, 0.3) is 0 Å². The Morgan fingerprint density at radius 1 is 1.18 bits per heavy atom. The van der Waals surface area contributed by atoms with Gasteiger partial charge < -0.3 is 0 Å². The van der Waals surface area contributed by atoms with Gasteiger partial charge >= 0.3 is 0 Å². The van der Waals surface area contributed by atoms with Gasteiger partial charge in [-0.1, -0.05) is 40.2 Å². The van der Waals surface area contributed by atoms with Crippen LogP contribution in [0.2, 0.25) is 0 Å². The van der Waals surface area contributed by atoms with Crippen molar-refractivity contribution in [2.45, 2.75) is 57.2 Å². The van der Waals surface area contributed by atoms with Crippen LogP contribution < -0.4 is 4.72 Å². The first-order valence-electron chi connectivity index (χ1n) is 7.86. The van der Waals surface area contributed by atoms with E-state index in [1.165, 1.54) is 12.0 Å². The Hall–Kier alpha value is -0.450. The van der Waals surface area contributed by atoms with Crippen molar-refractivity contribution in [3.05, 3.63) is 46.5 Å². The van der Waals surface area contributed by atoms with Crippen LogP contribution in [-0.2, 0) is 16.5 Å². The topological polar surface area (TPSA) is 29.1 Å². The van der Waals surface area contributed by atoms with Gasteiger partial charge in [0.2, 0.25) is 0 Å². The molecule has 1 unspecified atom stereocenters. The maximum Gasteiger partial charge on any atom is 0.0978 e. The van der Waals surface area contributed by atoms with Crippen LogP contribution in [0, 0.1) is 5.92 Å². The predicted octanol–water partition coefficient (Wildman–Crippen LogP) is 5.07. The zero-order valence-corrected chi connectivity index (χ0v) is 16.3. The van der Waals surface area contributed by atoms with Crippen LogP contribution in [0.5, 0.6) is 0 Å². The Morgan fingerprint density at radius 2 is 1.82 bits per heavy atom. The molecule has 0 bridgehead atoms. The van der Waals surface area contributed by atoms with Crippen LogP contribution in [0.4, 0.5) is 0 Å². The first-order chi connectivity index (χ1) is 10.2. The second kappa shape index (κ2) is 6.98. The van der Waals surface area contributed by atoms with Crippen molar-refractivity contribution in [2.75, 3.05) is 0 Å². The van der Waals surface area contributed by atoms with E-state index in [-0.39, 0.29) is 10.3 Å². The molecular weight excluding hydrogens is 358 g/mol. The molecule has 1 aromatic carbocycles. The molecule has 2 rings (SSSR count). The van der Waals surface area contributed by atoms with E-state index >= 15 is 0 Å². The van der Waals surface area contributed by atoms with Gasteiger partial charge in [0, 0.05) is 4.47 Å². The molecule has 0 amide bonds. The Morgan fingerprint density at radius 3 is 2.32 bits per heavy atom. The fourth-order valence-electron chi connectivity index (χ4n) is 2.78. The molecule has 1 aromatic rings. The lowest BCUT2D eigenvalue weighted by Crippen LogP contribution is -2.50. The molecule has 1 aliphatic carbocycles. The minimum Gasteiger partial charge on any atom is -0.242 e. The SMILES string of the molecule is CC(C)(C)S(=O)N[C@](C)(c1ccc(Br)cc1)[C@@H]1C=CCCC1. The molecule has 0 aliphatic heterocycles. The molecule has 0 saturated carbocycles. The number of allylic oxidation sites excluding steroid dienone is 1. The molecule has 0 fully saturated rings. The molecule has 2 nitrogen and oxygen atoms in total. The Balaban J connectivity index is 2.39. The summed E-state index contributed by atoms with van der Waals surface area (Å²) >= 11 is 3.50. The van der Waals surface area contributed by atoms with Crippen LogP contribution in [-0.4, -0.2) is 8.96 Å². The Kier molecular flexibility index (Phi) is 5.68. The van der Waals surface area contributed by atoms with Crippen molar-refractivity contribution in [2.24, 2.45) is 5.92 Å². The summed E-state index contributed by atoms with van der Waals surface area (Å²) in [6, 6.07) is 8.36. The highest BCUT2D eigenvalue weighted by molar-refractivity contribution is 9.10. The predicted molar refractivity (Wildman–Crippen MR) is 99.0 cm³/mol. The van der Waals surface area contributed by atoms with Gasteiger partial charge in [0.05, 0.1) is 21.3 Å². The summed E-state index contributed by atoms with van der Waals surface area (Å²) in [7, 11) is -1.11. The summed E-state index contributed by atoms with van der Waals surface area (Å²) in [5.74, 6) is 0.355. The van der Waals surface area contributed by atoms with Crippen LogP contribution in [0.1, 0.15) is 52.5 Å². The average Bonchev–Trinajstić information content (AvgIpc) is 2.47. The molecule has 0 spiro atoms. The van der Waals surface area contributed by atoms with Crippen molar-refractivity contribution < 1.29 is 4.21 Å². The summed E-state index contributed by atoms with van der Waals surface area (Å²) in [5, 5.41) is 0. The highest BCUT2D eigenvalue weighted by atomic mass is 79.9. The minimum atomic E-state index is -1.11. The van der Waals surface area contributed by atoms with Gasteiger partial charge in [-0.15, -0.1) is 0 Å². The maximum absolute atomic E-state index is 12.7. The zero-order valence-electron chi connectivity index (χ0n) is 13.9. The molecule has 0 heterocycles. The van der Waals surface area contributed by atoms with Gasteiger partial charge in [-0.05, 0) is 70.6 Å². The summed E-state index contributed by atoms with van der Waals surface area (Å²) < 4.78 is 17.0. The third-order valence-electron chi connectivity index (χ3n) is 4.30. The van der Waals surface area contributed by atoms with E-state index in [9.17, 15) is 4.21 Å². The smallest absolute Gasteiger partial charge is 0.0978 e. The molecular formula is C18H26BrNOS. The molecule has 1 aliphatic rings. The summed E-state index contributed by atoms with van der Waals surface area (Å²) in [5.41, 5.74) is 0.861. The number of halogens is 1. The van der Waals surface area contributed by atoms with E-state index in [4.69, 9.17) is 0 Å². The molecule has 4 heteroatoms. The van der Waals surface area contributed by atoms with E-state index in [1.54, 1.807) is 0 Å². The van der Waals surface area contributed by atoms with Crippen LogP contribution in [0.15, 0.2) is 40.9 Å². The number of rotatable bonds is 4. The number of benzene rings is 1. The van der Waals surface area contributed by atoms with E-state index in [0.29, 0.717) is 5.92 Å². The van der Waals surface area contributed by atoms with Crippen molar-refractivity contribution in [1.29, 1.82) is 0 Å². The second-order valence-corrected chi connectivity index (χ2v) is 10.0. The van der Waals surface area contributed by atoms with E-state index in [0.717, 1.165) is 17.3 Å². The standard InChI is InChI=1S/C18H26BrNOS/c1-17(2,3)22(21)20-18(4,14-8-6-5-7-9-14)15-10-12-16(19)13-11-15/h6,8,10-14,20H,5,7,9H2,1-4H3/t14-,18+,22?/m1/s1. The second-order valence-electron chi connectivity index (χ2n) is 7.16. The van der Waals surface area contributed by atoms with Gasteiger partial charge in [-0.2, -0.15) is 0 Å². The lowest BCUT2D eigenvalue weighted by molar-refractivity contribution is 0.298. The van der Waals surface area contributed by atoms with E-state index < -0.39 is 11.0 Å². The normalized spacial score (nSPS) is 23.0. The quantitative estimate of drug-likeness (QED) is 0.722. The molecule has 1 N–H and O–H groups in total. The molecule has 22 heavy (non-hydrogen) atoms. The van der Waals surface area contributed by atoms with Crippen molar-refractivity contribution in [1.82, 2.24) is 4.72 Å². The van der Waals surface area contributed by atoms with Crippen LogP contribution >= 0.6 is 15.9 Å². The molecule has 0 radical (unpaired) electrons. The molecule has 0 saturated heterocycles. The number of hydrogen-bond donors (Lipinski definition) is 1. The van der Waals surface area contributed by atoms with E-state index in [2.05, 4.69) is 64.0 Å². The van der Waals surface area contributed by atoms with Gasteiger partial charge in [-0.3, -0.25) is 0 Å². The molecule has 0 aromatic heterocycles. The lowest BCUT2D eigenvalue weighted by Gasteiger charge is -2.40. The zero-order chi connectivity index (χ0) is 16.4. The average molecular weight is 384 g/mol. The third kappa shape index (κ3) is 4.09. The van der Waals surface area contributed by atoms with Gasteiger partial charge in [-0.25, -0.2) is 8.93 Å². The van der Waals surface area contributed by atoms with Gasteiger partial charge in [0.15, 0.2) is 0 Å². The van der Waals surface area contributed by atoms with Crippen molar-refractivity contribution in [3.63, 3.8) is 0 Å². The number of nitrogens with one attached hydrogen (secondary N) is 1. The van der Waals surface area contributed by atoms with Gasteiger partial charge in [0.25, 0.3) is 0 Å². The first kappa shape index (κ1) is 17.9. The summed E-state index contributed by atoms with van der Waals surface area (Å²) in [6.07, 6.45) is 8.01. The summed E-state index contributed by atoms with van der Waals surface area (Å²) in [4.78, 5) is 0. The fourth-order valence-corrected chi connectivity index (χ4v) is 4.01. The highest BCUT2D eigenvalue weighted by Crippen LogP contribution is 2.37. The van der Waals surface area contributed by atoms with Crippen molar-refractivity contribution in [3.8, 4) is 0 Å².